The van der Waals surface area contributed by atoms with Gasteiger partial charge in [0.1, 0.15) is 17.6 Å². The van der Waals surface area contributed by atoms with Crippen molar-refractivity contribution in [3.05, 3.63) is 71.1 Å². The van der Waals surface area contributed by atoms with E-state index in [0.717, 1.165) is 33.9 Å². The lowest BCUT2D eigenvalue weighted by atomic mass is 10.0. The predicted molar refractivity (Wildman–Crippen MR) is 111 cm³/mol. The number of esters is 1. The van der Waals surface area contributed by atoms with Gasteiger partial charge in [-0.25, -0.2) is 4.98 Å². The molecule has 1 heterocycles. The first-order valence-corrected chi connectivity index (χ1v) is 9.55. The van der Waals surface area contributed by atoms with Crippen molar-refractivity contribution in [1.82, 2.24) is 4.98 Å². The Kier molecular flexibility index (Phi) is 6.67. The van der Waals surface area contributed by atoms with Crippen LogP contribution < -0.4 is 10.5 Å². The number of aryl methyl sites for hydroxylation is 2. The van der Waals surface area contributed by atoms with E-state index in [9.17, 15) is 4.79 Å². The Balaban J connectivity index is 1.58. The summed E-state index contributed by atoms with van der Waals surface area (Å²) < 4.78 is 16.4. The molecule has 0 radical (unpaired) electrons. The fourth-order valence-corrected chi connectivity index (χ4v) is 3.11. The number of hydrogen-bond acceptors (Lipinski definition) is 6. The fraction of sp³-hybridized carbons (Fsp3) is 0.304. The highest BCUT2D eigenvalue weighted by Crippen LogP contribution is 2.23. The smallest absolute Gasteiger partial charge is 0.322 e. The molecule has 2 aromatic carbocycles. The summed E-state index contributed by atoms with van der Waals surface area (Å²) in [7, 11) is 1.34. The van der Waals surface area contributed by atoms with E-state index < -0.39 is 12.0 Å². The standard InChI is InChI=1S/C23H26N2O4/c1-15-13-17(14-19(24)23(26)27-3)9-10-21(15)28-12-11-20-16(2)29-22(25-20)18-7-5-4-6-8-18/h4-10,13,19H,11-12,14,24H2,1-3H3. The number of ether oxygens (including phenoxy) is 2. The summed E-state index contributed by atoms with van der Waals surface area (Å²) in [4.78, 5) is 16.1. The van der Waals surface area contributed by atoms with Crippen molar-refractivity contribution in [3.63, 3.8) is 0 Å². The van der Waals surface area contributed by atoms with E-state index in [1.54, 1.807) is 0 Å². The highest BCUT2D eigenvalue weighted by molar-refractivity contribution is 5.75. The van der Waals surface area contributed by atoms with E-state index in [1.165, 1.54) is 7.11 Å². The summed E-state index contributed by atoms with van der Waals surface area (Å²) in [5.41, 5.74) is 9.63. The molecular weight excluding hydrogens is 368 g/mol. The minimum Gasteiger partial charge on any atom is -0.493 e. The van der Waals surface area contributed by atoms with Gasteiger partial charge in [0, 0.05) is 12.0 Å². The second-order valence-corrected chi connectivity index (χ2v) is 6.92. The van der Waals surface area contributed by atoms with E-state index in [2.05, 4.69) is 9.72 Å². The average Bonchev–Trinajstić information content (AvgIpc) is 3.10. The number of hydrogen-bond donors (Lipinski definition) is 1. The van der Waals surface area contributed by atoms with Gasteiger partial charge in [0.05, 0.1) is 19.4 Å². The van der Waals surface area contributed by atoms with Crippen LogP contribution in [0.5, 0.6) is 5.75 Å². The van der Waals surface area contributed by atoms with Gasteiger partial charge in [-0.15, -0.1) is 0 Å². The minimum absolute atomic E-state index is 0.416. The van der Waals surface area contributed by atoms with Crippen LogP contribution in [0.15, 0.2) is 52.9 Å². The molecule has 6 nitrogen and oxygen atoms in total. The Hall–Kier alpha value is -3.12. The Morgan fingerprint density at radius 2 is 1.93 bits per heavy atom. The molecule has 3 rings (SSSR count). The van der Waals surface area contributed by atoms with Gasteiger partial charge in [-0.1, -0.05) is 30.3 Å². The summed E-state index contributed by atoms with van der Waals surface area (Å²) in [6, 6.07) is 15.0. The molecule has 1 unspecified atom stereocenters. The van der Waals surface area contributed by atoms with Crippen LogP contribution in [0, 0.1) is 13.8 Å². The molecule has 0 spiro atoms. The molecule has 0 saturated heterocycles. The van der Waals surface area contributed by atoms with E-state index in [1.807, 2.05) is 62.4 Å². The number of nitrogens with zero attached hydrogens (tertiary/aromatic N) is 1. The lowest BCUT2D eigenvalue weighted by molar-refractivity contribution is -0.142. The van der Waals surface area contributed by atoms with E-state index in [0.29, 0.717) is 25.3 Å². The van der Waals surface area contributed by atoms with Crippen LogP contribution in [0.4, 0.5) is 0 Å². The second kappa shape index (κ2) is 9.39. The van der Waals surface area contributed by atoms with Gasteiger partial charge in [-0.3, -0.25) is 4.79 Å². The number of methoxy groups -OCH3 is 1. The van der Waals surface area contributed by atoms with Crippen molar-refractivity contribution in [3.8, 4) is 17.2 Å². The largest absolute Gasteiger partial charge is 0.493 e. The number of nitrogens with two attached hydrogens (primary N) is 1. The van der Waals surface area contributed by atoms with Crippen LogP contribution in [-0.4, -0.2) is 30.7 Å². The van der Waals surface area contributed by atoms with Crippen LogP contribution in [0.2, 0.25) is 0 Å². The quantitative estimate of drug-likeness (QED) is 0.587. The van der Waals surface area contributed by atoms with Gasteiger partial charge < -0.3 is 19.6 Å². The average molecular weight is 394 g/mol. The molecule has 1 aromatic heterocycles. The maximum absolute atomic E-state index is 11.5. The van der Waals surface area contributed by atoms with Crippen LogP contribution >= 0.6 is 0 Å². The number of benzene rings is 2. The molecule has 1 atom stereocenters. The number of oxazole rings is 1. The molecule has 0 saturated carbocycles. The molecule has 2 N–H and O–H groups in total. The highest BCUT2D eigenvalue weighted by Gasteiger charge is 2.15. The van der Waals surface area contributed by atoms with Crippen LogP contribution in [-0.2, 0) is 22.4 Å². The molecule has 0 amide bonds. The normalized spacial score (nSPS) is 11.9. The topological polar surface area (TPSA) is 87.6 Å². The summed E-state index contributed by atoms with van der Waals surface area (Å²) in [5.74, 6) is 1.81. The first kappa shape index (κ1) is 20.6. The van der Waals surface area contributed by atoms with Crippen molar-refractivity contribution >= 4 is 5.97 Å². The highest BCUT2D eigenvalue weighted by atomic mass is 16.5. The van der Waals surface area contributed by atoms with E-state index in [-0.39, 0.29) is 0 Å². The van der Waals surface area contributed by atoms with Crippen molar-refractivity contribution in [1.29, 1.82) is 0 Å². The molecule has 0 fully saturated rings. The van der Waals surface area contributed by atoms with E-state index >= 15 is 0 Å². The van der Waals surface area contributed by atoms with Gasteiger partial charge in [0.2, 0.25) is 5.89 Å². The molecule has 0 aliphatic heterocycles. The van der Waals surface area contributed by atoms with Gasteiger partial charge in [-0.05, 0) is 49.6 Å². The molecule has 152 valence electrons. The Labute approximate surface area is 170 Å². The third kappa shape index (κ3) is 5.23. The summed E-state index contributed by atoms with van der Waals surface area (Å²) in [6.07, 6.45) is 1.07. The molecule has 0 aliphatic carbocycles. The monoisotopic (exact) mass is 394 g/mol. The lowest BCUT2D eigenvalue weighted by Gasteiger charge is -2.12. The SMILES string of the molecule is COC(=O)C(N)Cc1ccc(OCCc2nc(-c3ccccc3)oc2C)c(C)c1. The molecule has 3 aromatic rings. The fourth-order valence-electron chi connectivity index (χ4n) is 3.11. The van der Waals surface area contributed by atoms with Crippen LogP contribution in [0.25, 0.3) is 11.5 Å². The Morgan fingerprint density at radius 3 is 2.62 bits per heavy atom. The zero-order valence-corrected chi connectivity index (χ0v) is 17.0. The van der Waals surface area contributed by atoms with Gasteiger partial charge in [-0.2, -0.15) is 0 Å². The summed E-state index contributed by atoms with van der Waals surface area (Å²) >= 11 is 0. The minimum atomic E-state index is -0.667. The second-order valence-electron chi connectivity index (χ2n) is 6.92. The van der Waals surface area contributed by atoms with Crippen molar-refractivity contribution in [2.75, 3.05) is 13.7 Å². The Morgan fingerprint density at radius 1 is 1.17 bits per heavy atom. The number of carbonyl (C=O) groups is 1. The van der Waals surface area contributed by atoms with Crippen molar-refractivity contribution in [2.24, 2.45) is 5.73 Å². The van der Waals surface area contributed by atoms with Crippen molar-refractivity contribution in [2.45, 2.75) is 32.7 Å². The molecule has 0 bridgehead atoms. The molecular formula is C23H26N2O4. The number of carbonyl (C=O) groups excluding carboxylic acids is 1. The van der Waals surface area contributed by atoms with E-state index in [4.69, 9.17) is 14.9 Å². The van der Waals surface area contributed by atoms with Gasteiger partial charge in [0.15, 0.2) is 0 Å². The number of rotatable bonds is 8. The third-order valence-electron chi connectivity index (χ3n) is 4.71. The maximum Gasteiger partial charge on any atom is 0.322 e. The first-order valence-electron chi connectivity index (χ1n) is 9.55. The lowest BCUT2D eigenvalue weighted by Crippen LogP contribution is -2.33. The van der Waals surface area contributed by atoms with Crippen LogP contribution in [0.1, 0.15) is 22.6 Å². The zero-order chi connectivity index (χ0) is 20.8. The summed E-state index contributed by atoms with van der Waals surface area (Å²) in [6.45, 7) is 4.38. The summed E-state index contributed by atoms with van der Waals surface area (Å²) in [5, 5.41) is 0. The first-order chi connectivity index (χ1) is 14.0. The zero-order valence-electron chi connectivity index (χ0n) is 17.0. The van der Waals surface area contributed by atoms with Gasteiger partial charge in [0.25, 0.3) is 0 Å². The van der Waals surface area contributed by atoms with Crippen LogP contribution in [0.3, 0.4) is 0 Å². The van der Waals surface area contributed by atoms with Gasteiger partial charge >= 0.3 is 5.97 Å². The molecule has 0 aliphatic rings. The predicted octanol–water partition coefficient (Wildman–Crippen LogP) is 3.62. The molecule has 29 heavy (non-hydrogen) atoms. The number of aromatic nitrogens is 1. The molecule has 6 heteroatoms. The van der Waals surface area contributed by atoms with Crippen molar-refractivity contribution < 1.29 is 18.7 Å². The third-order valence-corrected chi connectivity index (χ3v) is 4.71. The Bertz CT molecular complexity index is 966. The maximum atomic E-state index is 11.5.